The number of rotatable bonds is 6. The fourth-order valence-corrected chi connectivity index (χ4v) is 2.13. The van der Waals surface area contributed by atoms with E-state index in [1.807, 2.05) is 13.8 Å². The lowest BCUT2D eigenvalue weighted by atomic mass is 10.3. The maximum atomic E-state index is 12.6. The molecule has 0 fully saturated rings. The zero-order valence-electron chi connectivity index (χ0n) is 13.0. The normalized spacial score (nSPS) is 11.1. The van der Waals surface area contributed by atoms with E-state index in [0.29, 0.717) is 30.7 Å². The molecule has 1 N–H and O–H groups in total. The van der Waals surface area contributed by atoms with Crippen molar-refractivity contribution in [2.24, 2.45) is 0 Å². The van der Waals surface area contributed by atoms with Crippen molar-refractivity contribution in [3.63, 3.8) is 0 Å². The van der Waals surface area contributed by atoms with Crippen LogP contribution in [0.3, 0.4) is 0 Å². The summed E-state index contributed by atoms with van der Waals surface area (Å²) in [5.41, 5.74) is 0.463. The summed E-state index contributed by atoms with van der Waals surface area (Å²) in [4.78, 5) is 33.1. The van der Waals surface area contributed by atoms with Gasteiger partial charge in [0.1, 0.15) is 5.52 Å². The lowest BCUT2D eigenvalue weighted by molar-refractivity contribution is 0.0936. The molecule has 0 unspecified atom stereocenters. The molecule has 0 spiro atoms. The number of nitrogens with one attached hydrogen (secondary N) is 1. The number of hydrogen-bond acceptors (Lipinski definition) is 5. The molecule has 0 radical (unpaired) electrons. The Morgan fingerprint density at radius 2 is 2.23 bits per heavy atom. The first-order valence-electron chi connectivity index (χ1n) is 7.20. The fourth-order valence-electron chi connectivity index (χ4n) is 2.13. The summed E-state index contributed by atoms with van der Waals surface area (Å²) in [6.07, 6.45) is 2.25. The quantitative estimate of drug-likeness (QED) is 0.804. The van der Waals surface area contributed by atoms with E-state index >= 15 is 0 Å². The average Bonchev–Trinajstić information content (AvgIpc) is 2.48. The van der Waals surface area contributed by atoms with Crippen molar-refractivity contribution < 1.29 is 9.53 Å². The highest BCUT2D eigenvalue weighted by molar-refractivity contribution is 5.93. The molecule has 0 saturated carbocycles. The third kappa shape index (κ3) is 3.48. The third-order valence-electron chi connectivity index (χ3n) is 3.07. The van der Waals surface area contributed by atoms with Gasteiger partial charge in [0, 0.05) is 32.5 Å². The zero-order chi connectivity index (χ0) is 16.1. The second-order valence-corrected chi connectivity index (χ2v) is 5.24. The molecule has 0 aliphatic carbocycles. The van der Waals surface area contributed by atoms with E-state index in [-0.39, 0.29) is 11.7 Å². The van der Waals surface area contributed by atoms with Crippen LogP contribution in [0.4, 0.5) is 0 Å². The smallest absolute Gasteiger partial charge is 0.283 e. The van der Waals surface area contributed by atoms with Gasteiger partial charge >= 0.3 is 0 Å². The van der Waals surface area contributed by atoms with Crippen molar-refractivity contribution >= 4 is 17.1 Å². The van der Waals surface area contributed by atoms with Crippen LogP contribution in [-0.2, 0) is 11.3 Å². The van der Waals surface area contributed by atoms with E-state index in [1.165, 1.54) is 4.57 Å². The number of amides is 1. The van der Waals surface area contributed by atoms with Gasteiger partial charge in [0.2, 0.25) is 0 Å². The number of hydrogen-bond donors (Lipinski definition) is 1. The van der Waals surface area contributed by atoms with Gasteiger partial charge in [0.05, 0.1) is 0 Å². The van der Waals surface area contributed by atoms with Crippen molar-refractivity contribution in [2.45, 2.75) is 32.9 Å². The fraction of sp³-hybridized carbons (Fsp3) is 0.467. The third-order valence-corrected chi connectivity index (χ3v) is 3.07. The van der Waals surface area contributed by atoms with Gasteiger partial charge in [-0.25, -0.2) is 9.97 Å². The Morgan fingerprint density at radius 3 is 2.91 bits per heavy atom. The van der Waals surface area contributed by atoms with Crippen LogP contribution in [0.25, 0.3) is 11.2 Å². The highest BCUT2D eigenvalue weighted by Crippen LogP contribution is 2.07. The van der Waals surface area contributed by atoms with E-state index in [1.54, 1.807) is 25.4 Å². The summed E-state index contributed by atoms with van der Waals surface area (Å²) in [6.45, 7) is 4.61. The molecule has 0 saturated heterocycles. The number of aryl methyl sites for hydroxylation is 1. The molecule has 2 heterocycles. The molecule has 0 aliphatic rings. The standard InChI is InChI=1S/C15H20N4O3/c1-10(2)17-14(20)12-15(21)19(8-5-9-22-3)13-11(18-12)6-4-7-16-13/h4,6-7,10H,5,8-9H2,1-3H3,(H,17,20). The van der Waals surface area contributed by atoms with Crippen LogP contribution in [-0.4, -0.2) is 40.2 Å². The molecule has 22 heavy (non-hydrogen) atoms. The van der Waals surface area contributed by atoms with E-state index in [9.17, 15) is 9.59 Å². The average molecular weight is 304 g/mol. The largest absolute Gasteiger partial charge is 0.385 e. The number of carbonyl (C=O) groups excluding carboxylic acids is 1. The maximum absolute atomic E-state index is 12.6. The van der Waals surface area contributed by atoms with Crippen molar-refractivity contribution in [1.29, 1.82) is 0 Å². The summed E-state index contributed by atoms with van der Waals surface area (Å²) in [7, 11) is 1.60. The Labute approximate surface area is 128 Å². The first kappa shape index (κ1) is 16.1. The summed E-state index contributed by atoms with van der Waals surface area (Å²) in [6, 6.07) is 3.39. The highest BCUT2D eigenvalue weighted by atomic mass is 16.5. The lowest BCUT2D eigenvalue weighted by Gasteiger charge is -2.12. The molecule has 7 nitrogen and oxygen atoms in total. The van der Waals surface area contributed by atoms with Crippen LogP contribution >= 0.6 is 0 Å². The van der Waals surface area contributed by atoms with E-state index in [2.05, 4.69) is 15.3 Å². The minimum Gasteiger partial charge on any atom is -0.385 e. The van der Waals surface area contributed by atoms with Gasteiger partial charge in [-0.15, -0.1) is 0 Å². The van der Waals surface area contributed by atoms with Gasteiger partial charge in [0.25, 0.3) is 11.5 Å². The van der Waals surface area contributed by atoms with Gasteiger partial charge in [0.15, 0.2) is 11.3 Å². The Hall–Kier alpha value is -2.28. The van der Waals surface area contributed by atoms with Crippen LogP contribution in [0, 0.1) is 0 Å². The van der Waals surface area contributed by atoms with Crippen LogP contribution in [0.15, 0.2) is 23.1 Å². The number of methoxy groups -OCH3 is 1. The molecule has 0 aliphatic heterocycles. The Morgan fingerprint density at radius 1 is 1.45 bits per heavy atom. The topological polar surface area (TPSA) is 86.1 Å². The predicted molar refractivity (Wildman–Crippen MR) is 82.9 cm³/mol. The van der Waals surface area contributed by atoms with E-state index < -0.39 is 11.5 Å². The van der Waals surface area contributed by atoms with Crippen LogP contribution in [0.5, 0.6) is 0 Å². The Balaban J connectivity index is 2.51. The van der Waals surface area contributed by atoms with E-state index in [0.717, 1.165) is 0 Å². The molecule has 2 aromatic rings. The molecular weight excluding hydrogens is 284 g/mol. The number of pyridine rings is 1. The summed E-state index contributed by atoms with van der Waals surface area (Å²) >= 11 is 0. The SMILES string of the molecule is COCCCn1c(=O)c(C(=O)NC(C)C)nc2cccnc21. The molecule has 0 atom stereocenters. The van der Waals surface area contributed by atoms with Crippen LogP contribution < -0.4 is 10.9 Å². The molecule has 7 heteroatoms. The number of ether oxygens (including phenoxy) is 1. The first-order chi connectivity index (χ1) is 10.5. The molecule has 1 amide bonds. The molecule has 0 aromatic carbocycles. The zero-order valence-corrected chi connectivity index (χ0v) is 13.0. The molecule has 2 aromatic heterocycles. The number of fused-ring (bicyclic) bond motifs is 1. The van der Waals surface area contributed by atoms with Gasteiger partial charge in [-0.2, -0.15) is 0 Å². The summed E-state index contributed by atoms with van der Waals surface area (Å²) in [5, 5.41) is 2.70. The van der Waals surface area contributed by atoms with Gasteiger partial charge in [-0.3, -0.25) is 14.2 Å². The molecule has 2 rings (SSSR count). The molecular formula is C15H20N4O3. The Bertz CT molecular complexity index is 724. The van der Waals surface area contributed by atoms with Crippen molar-refractivity contribution in [1.82, 2.24) is 19.9 Å². The number of aromatic nitrogens is 3. The van der Waals surface area contributed by atoms with Crippen LogP contribution in [0.1, 0.15) is 30.8 Å². The maximum Gasteiger partial charge on any atom is 0.283 e. The van der Waals surface area contributed by atoms with Gasteiger partial charge in [-0.05, 0) is 32.4 Å². The van der Waals surface area contributed by atoms with E-state index in [4.69, 9.17) is 4.74 Å². The van der Waals surface area contributed by atoms with Crippen LogP contribution in [0.2, 0.25) is 0 Å². The van der Waals surface area contributed by atoms with Crippen molar-refractivity contribution in [3.8, 4) is 0 Å². The monoisotopic (exact) mass is 304 g/mol. The van der Waals surface area contributed by atoms with Gasteiger partial charge in [-0.1, -0.05) is 0 Å². The van der Waals surface area contributed by atoms with Crippen molar-refractivity contribution in [2.75, 3.05) is 13.7 Å². The lowest BCUT2D eigenvalue weighted by Crippen LogP contribution is -2.38. The predicted octanol–water partition coefficient (Wildman–Crippen LogP) is 0.966. The number of carbonyl (C=O) groups is 1. The van der Waals surface area contributed by atoms with Gasteiger partial charge < -0.3 is 10.1 Å². The summed E-state index contributed by atoms with van der Waals surface area (Å²) < 4.78 is 6.50. The molecule has 118 valence electrons. The highest BCUT2D eigenvalue weighted by Gasteiger charge is 2.18. The number of nitrogens with zero attached hydrogens (tertiary/aromatic N) is 3. The Kier molecular flexibility index (Phi) is 5.21. The summed E-state index contributed by atoms with van der Waals surface area (Å²) in [5.74, 6) is -0.466. The van der Waals surface area contributed by atoms with Crippen molar-refractivity contribution in [3.05, 3.63) is 34.4 Å². The second kappa shape index (κ2) is 7.13. The first-order valence-corrected chi connectivity index (χ1v) is 7.20. The molecule has 0 bridgehead atoms. The minimum atomic E-state index is -0.466. The second-order valence-electron chi connectivity index (χ2n) is 5.24. The minimum absolute atomic E-state index is 0.0692.